The summed E-state index contributed by atoms with van der Waals surface area (Å²) in [6, 6.07) is 0. The van der Waals surface area contributed by atoms with Crippen LogP contribution >= 0.6 is 0 Å². The summed E-state index contributed by atoms with van der Waals surface area (Å²) >= 11 is 0. The summed E-state index contributed by atoms with van der Waals surface area (Å²) in [5, 5.41) is 13.0. The third kappa shape index (κ3) is 6.14. The monoisotopic (exact) mass is 259 g/mol. The van der Waals surface area contributed by atoms with Crippen LogP contribution in [0.4, 0.5) is 0 Å². The number of aliphatic hydroxyl groups is 1. The number of hydrogen-bond donors (Lipinski definition) is 2. The number of ether oxygens (including phenoxy) is 2. The van der Waals surface area contributed by atoms with Crippen LogP contribution in [-0.4, -0.2) is 51.7 Å². The molecule has 2 N–H and O–H groups in total. The molecule has 1 aliphatic carbocycles. The van der Waals surface area contributed by atoms with Crippen molar-refractivity contribution in [2.75, 3.05) is 46.6 Å². The highest BCUT2D eigenvalue weighted by Gasteiger charge is 2.30. The molecule has 0 amide bonds. The Morgan fingerprint density at radius 2 is 1.89 bits per heavy atom. The zero-order chi connectivity index (χ0) is 13.1. The van der Waals surface area contributed by atoms with E-state index in [0.717, 1.165) is 52.2 Å². The van der Waals surface area contributed by atoms with Gasteiger partial charge < -0.3 is 19.9 Å². The molecule has 18 heavy (non-hydrogen) atoms. The van der Waals surface area contributed by atoms with Gasteiger partial charge in [0.05, 0.1) is 6.61 Å². The summed E-state index contributed by atoms with van der Waals surface area (Å²) < 4.78 is 10.4. The summed E-state index contributed by atoms with van der Waals surface area (Å²) in [4.78, 5) is 0. The predicted molar refractivity (Wildman–Crippen MR) is 72.8 cm³/mol. The molecule has 1 aliphatic rings. The van der Waals surface area contributed by atoms with E-state index in [-0.39, 0.29) is 5.41 Å². The van der Waals surface area contributed by atoms with Gasteiger partial charge in [-0.15, -0.1) is 0 Å². The largest absolute Gasteiger partial charge is 0.396 e. The van der Waals surface area contributed by atoms with Gasteiger partial charge in [-0.25, -0.2) is 0 Å². The van der Waals surface area contributed by atoms with Crippen molar-refractivity contribution in [3.05, 3.63) is 0 Å². The van der Waals surface area contributed by atoms with Crippen LogP contribution in [0.5, 0.6) is 0 Å². The molecular formula is C14H29NO3. The average Bonchev–Trinajstić information content (AvgIpc) is 2.43. The van der Waals surface area contributed by atoms with E-state index in [4.69, 9.17) is 9.47 Å². The summed E-state index contributed by atoms with van der Waals surface area (Å²) in [5.41, 5.74) is 0.133. The van der Waals surface area contributed by atoms with Crippen LogP contribution in [0.1, 0.15) is 38.5 Å². The lowest BCUT2D eigenvalue weighted by atomic mass is 9.74. The van der Waals surface area contributed by atoms with Gasteiger partial charge in [0.25, 0.3) is 0 Å². The van der Waals surface area contributed by atoms with Crippen LogP contribution in [-0.2, 0) is 9.47 Å². The molecule has 108 valence electrons. The highest BCUT2D eigenvalue weighted by Crippen LogP contribution is 2.34. The first kappa shape index (κ1) is 15.9. The van der Waals surface area contributed by atoms with Crippen LogP contribution in [0.15, 0.2) is 0 Å². The Balaban J connectivity index is 1.98. The summed E-state index contributed by atoms with van der Waals surface area (Å²) in [6.07, 6.45) is 7.11. The lowest BCUT2D eigenvalue weighted by Crippen LogP contribution is -2.40. The van der Waals surface area contributed by atoms with Gasteiger partial charge in [0.15, 0.2) is 0 Å². The van der Waals surface area contributed by atoms with E-state index in [1.54, 1.807) is 7.11 Å². The molecule has 0 heterocycles. The maximum Gasteiger partial charge on any atom is 0.0590 e. The zero-order valence-electron chi connectivity index (χ0n) is 11.7. The lowest BCUT2D eigenvalue weighted by molar-refractivity contribution is 0.0735. The van der Waals surface area contributed by atoms with Crippen molar-refractivity contribution in [2.45, 2.75) is 38.5 Å². The molecular weight excluding hydrogens is 230 g/mol. The molecule has 0 aromatic carbocycles. The third-order valence-corrected chi connectivity index (χ3v) is 3.81. The fraction of sp³-hybridized carbons (Fsp3) is 1.00. The van der Waals surface area contributed by atoms with Crippen molar-refractivity contribution < 1.29 is 14.6 Å². The Morgan fingerprint density at radius 3 is 2.56 bits per heavy atom. The topological polar surface area (TPSA) is 50.7 Å². The number of hydrogen-bond acceptors (Lipinski definition) is 4. The van der Waals surface area contributed by atoms with Crippen LogP contribution in [0.2, 0.25) is 0 Å². The molecule has 0 unspecified atom stereocenters. The summed E-state index contributed by atoms with van der Waals surface area (Å²) in [7, 11) is 1.71. The van der Waals surface area contributed by atoms with E-state index in [2.05, 4.69) is 5.32 Å². The molecule has 0 radical (unpaired) electrons. The molecule has 0 bridgehead atoms. The Bertz CT molecular complexity index is 193. The number of methoxy groups -OCH3 is 1. The zero-order valence-corrected chi connectivity index (χ0v) is 11.7. The second kappa shape index (κ2) is 9.73. The van der Waals surface area contributed by atoms with Crippen LogP contribution in [0, 0.1) is 5.41 Å². The first-order valence-electron chi connectivity index (χ1n) is 7.21. The Labute approximate surface area is 111 Å². The standard InChI is InChI=1S/C14H29NO3/c1-17-9-5-10-18-11-8-15-12-14(13-16)6-3-2-4-7-14/h15-16H,2-13H2,1H3. The normalized spacial score (nSPS) is 19.0. The fourth-order valence-corrected chi connectivity index (χ4v) is 2.60. The minimum absolute atomic E-state index is 0.133. The summed E-state index contributed by atoms with van der Waals surface area (Å²) in [6.45, 7) is 4.38. The molecule has 1 saturated carbocycles. The van der Waals surface area contributed by atoms with Gasteiger partial charge in [-0.05, 0) is 19.3 Å². The molecule has 1 rings (SSSR count). The van der Waals surface area contributed by atoms with E-state index >= 15 is 0 Å². The maximum absolute atomic E-state index is 9.56. The lowest BCUT2D eigenvalue weighted by Gasteiger charge is -2.35. The van der Waals surface area contributed by atoms with Crippen molar-refractivity contribution in [1.29, 1.82) is 0 Å². The molecule has 4 nitrogen and oxygen atoms in total. The van der Waals surface area contributed by atoms with Crippen molar-refractivity contribution in [3.63, 3.8) is 0 Å². The van der Waals surface area contributed by atoms with Gasteiger partial charge in [0.2, 0.25) is 0 Å². The van der Waals surface area contributed by atoms with Crippen molar-refractivity contribution >= 4 is 0 Å². The van der Waals surface area contributed by atoms with Crippen LogP contribution in [0.3, 0.4) is 0 Å². The van der Waals surface area contributed by atoms with Gasteiger partial charge in [0.1, 0.15) is 0 Å². The average molecular weight is 259 g/mol. The SMILES string of the molecule is COCCCOCCNCC1(CO)CCCCC1. The summed E-state index contributed by atoms with van der Waals surface area (Å²) in [5.74, 6) is 0. The van der Waals surface area contributed by atoms with Gasteiger partial charge in [-0.3, -0.25) is 0 Å². The molecule has 0 spiro atoms. The first-order valence-corrected chi connectivity index (χ1v) is 7.21. The highest BCUT2D eigenvalue weighted by molar-refractivity contribution is 4.84. The van der Waals surface area contributed by atoms with Crippen LogP contribution in [0.25, 0.3) is 0 Å². The Hall–Kier alpha value is -0.160. The van der Waals surface area contributed by atoms with E-state index < -0.39 is 0 Å². The van der Waals surface area contributed by atoms with E-state index in [1.165, 1.54) is 19.3 Å². The van der Waals surface area contributed by atoms with E-state index in [1.807, 2.05) is 0 Å². The molecule has 4 heteroatoms. The van der Waals surface area contributed by atoms with Crippen molar-refractivity contribution in [3.8, 4) is 0 Å². The number of rotatable bonds is 10. The minimum atomic E-state index is 0.133. The molecule has 1 fully saturated rings. The quantitative estimate of drug-likeness (QED) is 0.585. The molecule has 0 aromatic heterocycles. The van der Waals surface area contributed by atoms with Gasteiger partial charge in [-0.2, -0.15) is 0 Å². The molecule has 0 saturated heterocycles. The van der Waals surface area contributed by atoms with Crippen molar-refractivity contribution in [1.82, 2.24) is 5.32 Å². The maximum atomic E-state index is 9.56. The highest BCUT2D eigenvalue weighted by atomic mass is 16.5. The van der Waals surface area contributed by atoms with Crippen LogP contribution < -0.4 is 5.32 Å². The fourth-order valence-electron chi connectivity index (χ4n) is 2.60. The second-order valence-corrected chi connectivity index (χ2v) is 5.35. The van der Waals surface area contributed by atoms with E-state index in [9.17, 15) is 5.11 Å². The van der Waals surface area contributed by atoms with Gasteiger partial charge in [0, 0.05) is 45.4 Å². The molecule has 0 aromatic rings. The van der Waals surface area contributed by atoms with Crippen molar-refractivity contribution in [2.24, 2.45) is 5.41 Å². The third-order valence-electron chi connectivity index (χ3n) is 3.81. The number of aliphatic hydroxyl groups excluding tert-OH is 1. The van der Waals surface area contributed by atoms with Gasteiger partial charge in [-0.1, -0.05) is 19.3 Å². The smallest absolute Gasteiger partial charge is 0.0590 e. The molecule has 0 aliphatic heterocycles. The minimum Gasteiger partial charge on any atom is -0.396 e. The van der Waals surface area contributed by atoms with E-state index in [0.29, 0.717) is 6.61 Å². The first-order chi connectivity index (χ1) is 8.83. The van der Waals surface area contributed by atoms with Gasteiger partial charge >= 0.3 is 0 Å². The number of nitrogens with one attached hydrogen (secondary N) is 1. The predicted octanol–water partition coefficient (Wildman–Crippen LogP) is 1.57. The Morgan fingerprint density at radius 1 is 1.11 bits per heavy atom. The Kier molecular flexibility index (Phi) is 8.59. The molecule has 0 atom stereocenters. The second-order valence-electron chi connectivity index (χ2n) is 5.35.